The molecule has 8 heteroatoms. The fourth-order valence-corrected chi connectivity index (χ4v) is 3.59. The molecule has 1 saturated heterocycles. The molecule has 2 N–H and O–H groups in total. The molecule has 0 aliphatic carbocycles. The predicted molar refractivity (Wildman–Crippen MR) is 109 cm³/mol. The van der Waals surface area contributed by atoms with Gasteiger partial charge in [0.05, 0.1) is 22.6 Å². The first-order valence-corrected chi connectivity index (χ1v) is 9.63. The normalized spacial score (nSPS) is 15.6. The highest BCUT2D eigenvalue weighted by molar-refractivity contribution is 6.31. The number of aromatic amines is 1. The molecule has 0 spiro atoms. The number of halogens is 2. The van der Waals surface area contributed by atoms with E-state index in [-0.39, 0.29) is 17.5 Å². The van der Waals surface area contributed by atoms with Crippen LogP contribution >= 0.6 is 11.6 Å². The number of benzene rings is 2. The summed E-state index contributed by atoms with van der Waals surface area (Å²) in [5.41, 5.74) is 2.47. The zero-order valence-corrected chi connectivity index (χ0v) is 16.0. The van der Waals surface area contributed by atoms with Gasteiger partial charge in [-0.15, -0.1) is 0 Å². The number of fused-ring (bicyclic) bond motifs is 1. The van der Waals surface area contributed by atoms with E-state index in [2.05, 4.69) is 25.1 Å². The highest BCUT2D eigenvalue weighted by Crippen LogP contribution is 2.20. The Bertz CT molecular complexity index is 959. The average molecular weight is 402 g/mol. The van der Waals surface area contributed by atoms with Gasteiger partial charge in [-0.1, -0.05) is 23.7 Å². The molecule has 0 radical (unpaired) electrons. The lowest BCUT2D eigenvalue weighted by Crippen LogP contribution is -2.36. The molecule has 0 unspecified atom stereocenters. The largest absolute Gasteiger partial charge is 0.341 e. The molecule has 1 aliphatic rings. The highest BCUT2D eigenvalue weighted by Gasteiger charge is 2.19. The molecule has 1 amide bonds. The number of hydrogen-bond donors (Lipinski definition) is 2. The summed E-state index contributed by atoms with van der Waals surface area (Å²) in [6.07, 6.45) is 0.937. The van der Waals surface area contributed by atoms with E-state index in [1.54, 1.807) is 0 Å². The second-order valence-electron chi connectivity index (χ2n) is 6.87. The van der Waals surface area contributed by atoms with E-state index in [1.807, 2.05) is 24.3 Å². The van der Waals surface area contributed by atoms with E-state index < -0.39 is 5.82 Å². The summed E-state index contributed by atoms with van der Waals surface area (Å²) in [7, 11) is 0. The number of nitrogens with zero attached hydrogens (tertiary/aromatic N) is 3. The third-order valence-corrected chi connectivity index (χ3v) is 5.13. The number of H-pyrrole nitrogens is 1. The van der Waals surface area contributed by atoms with Crippen LogP contribution in [0.3, 0.4) is 0 Å². The number of carbonyl (C=O) groups is 1. The van der Waals surface area contributed by atoms with Gasteiger partial charge in [0.25, 0.3) is 0 Å². The van der Waals surface area contributed by atoms with Crippen molar-refractivity contribution >= 4 is 40.2 Å². The van der Waals surface area contributed by atoms with Gasteiger partial charge in [-0.05, 0) is 36.8 Å². The third-order valence-electron chi connectivity index (χ3n) is 4.84. The molecular formula is C20H21ClFN5O. The third kappa shape index (κ3) is 4.26. The van der Waals surface area contributed by atoms with Crippen LogP contribution in [0.15, 0.2) is 42.5 Å². The maximum atomic E-state index is 13.2. The first-order chi connectivity index (χ1) is 13.6. The monoisotopic (exact) mass is 401 g/mol. The van der Waals surface area contributed by atoms with Crippen LogP contribution in [0.1, 0.15) is 6.42 Å². The molecule has 1 fully saturated rings. The van der Waals surface area contributed by atoms with Crippen LogP contribution in [-0.2, 0) is 4.79 Å². The Morgan fingerprint density at radius 2 is 2.04 bits per heavy atom. The molecule has 1 aromatic heterocycles. The number of nitrogens with one attached hydrogen (secondary N) is 2. The number of amides is 1. The second kappa shape index (κ2) is 8.16. The fraction of sp³-hybridized carbons (Fsp3) is 0.300. The summed E-state index contributed by atoms with van der Waals surface area (Å²) >= 11 is 5.76. The van der Waals surface area contributed by atoms with Crippen molar-refractivity contribution < 1.29 is 9.18 Å². The molecule has 1 aliphatic heterocycles. The van der Waals surface area contributed by atoms with Crippen molar-refractivity contribution in [2.24, 2.45) is 0 Å². The number of rotatable bonds is 4. The summed E-state index contributed by atoms with van der Waals surface area (Å²) in [5, 5.41) is 2.77. The Labute approximate surface area is 167 Å². The molecule has 2 heterocycles. The smallest absolute Gasteiger partial charge is 0.238 e. The number of aromatic nitrogens is 2. The van der Waals surface area contributed by atoms with E-state index in [0.717, 1.165) is 49.6 Å². The summed E-state index contributed by atoms with van der Waals surface area (Å²) in [5.74, 6) is 0.228. The van der Waals surface area contributed by atoms with Crippen LogP contribution < -0.4 is 10.2 Å². The minimum absolute atomic E-state index is 0.00551. The molecule has 2 aromatic carbocycles. The van der Waals surface area contributed by atoms with Crippen molar-refractivity contribution in [1.29, 1.82) is 0 Å². The van der Waals surface area contributed by atoms with Gasteiger partial charge in [-0.3, -0.25) is 9.69 Å². The molecule has 146 valence electrons. The maximum Gasteiger partial charge on any atom is 0.238 e. The van der Waals surface area contributed by atoms with Gasteiger partial charge in [-0.2, -0.15) is 0 Å². The number of para-hydroxylation sites is 2. The molecule has 0 atom stereocenters. The molecule has 4 rings (SSSR count). The topological polar surface area (TPSA) is 64.3 Å². The fourth-order valence-electron chi connectivity index (χ4n) is 3.41. The highest BCUT2D eigenvalue weighted by atomic mass is 35.5. The van der Waals surface area contributed by atoms with Gasteiger partial charge >= 0.3 is 0 Å². The zero-order chi connectivity index (χ0) is 19.5. The van der Waals surface area contributed by atoms with Crippen LogP contribution in [0.25, 0.3) is 11.0 Å². The standard InChI is InChI=1S/C20H21ClFN5O/c21-15-12-14(6-7-16(15)22)23-19(28)13-26-8-3-9-27(11-10-26)20-24-17-4-1-2-5-18(17)25-20/h1-2,4-7,12H,3,8-11,13H2,(H,23,28)(H,24,25). The van der Waals surface area contributed by atoms with Crippen molar-refractivity contribution in [2.75, 3.05) is 42.9 Å². The van der Waals surface area contributed by atoms with Gasteiger partial charge in [-0.25, -0.2) is 9.37 Å². The first-order valence-electron chi connectivity index (χ1n) is 9.25. The molecule has 0 saturated carbocycles. The lowest BCUT2D eigenvalue weighted by molar-refractivity contribution is -0.117. The van der Waals surface area contributed by atoms with Crippen LogP contribution in [0, 0.1) is 5.82 Å². The average Bonchev–Trinajstić information content (AvgIpc) is 2.98. The van der Waals surface area contributed by atoms with Crippen LogP contribution in [0.5, 0.6) is 0 Å². The number of imidazole rings is 1. The minimum Gasteiger partial charge on any atom is -0.341 e. The van der Waals surface area contributed by atoms with Gasteiger partial charge in [0.2, 0.25) is 11.9 Å². The van der Waals surface area contributed by atoms with Crippen molar-refractivity contribution in [2.45, 2.75) is 6.42 Å². The van der Waals surface area contributed by atoms with Gasteiger partial charge in [0.1, 0.15) is 5.82 Å². The van der Waals surface area contributed by atoms with Gasteiger partial charge < -0.3 is 15.2 Å². The van der Waals surface area contributed by atoms with Crippen molar-refractivity contribution in [3.05, 3.63) is 53.3 Å². The van der Waals surface area contributed by atoms with E-state index >= 15 is 0 Å². The van der Waals surface area contributed by atoms with Gasteiger partial charge in [0, 0.05) is 31.9 Å². The Morgan fingerprint density at radius 1 is 1.18 bits per heavy atom. The van der Waals surface area contributed by atoms with Crippen LogP contribution in [-0.4, -0.2) is 53.5 Å². The number of hydrogen-bond acceptors (Lipinski definition) is 4. The number of carbonyl (C=O) groups excluding carboxylic acids is 1. The van der Waals surface area contributed by atoms with Crippen molar-refractivity contribution in [1.82, 2.24) is 14.9 Å². The van der Waals surface area contributed by atoms with E-state index in [9.17, 15) is 9.18 Å². The summed E-state index contributed by atoms with van der Waals surface area (Å²) in [6.45, 7) is 3.53. The van der Waals surface area contributed by atoms with Gasteiger partial charge in [0.15, 0.2) is 0 Å². The minimum atomic E-state index is -0.502. The molecule has 28 heavy (non-hydrogen) atoms. The van der Waals surface area contributed by atoms with E-state index in [1.165, 1.54) is 18.2 Å². The molecule has 6 nitrogen and oxygen atoms in total. The Morgan fingerprint density at radius 3 is 2.86 bits per heavy atom. The molecule has 3 aromatic rings. The summed E-state index contributed by atoms with van der Waals surface area (Å²) < 4.78 is 13.2. The van der Waals surface area contributed by atoms with Crippen molar-refractivity contribution in [3.63, 3.8) is 0 Å². The lowest BCUT2D eigenvalue weighted by Gasteiger charge is -2.21. The summed E-state index contributed by atoms with van der Waals surface area (Å²) in [4.78, 5) is 24.7. The van der Waals surface area contributed by atoms with E-state index in [0.29, 0.717) is 5.69 Å². The second-order valence-corrected chi connectivity index (χ2v) is 7.28. The van der Waals surface area contributed by atoms with Crippen LogP contribution in [0.2, 0.25) is 5.02 Å². The summed E-state index contributed by atoms with van der Waals surface area (Å²) in [6, 6.07) is 12.1. The SMILES string of the molecule is O=C(CN1CCCN(c2nc3ccccc3[nH]2)CC1)Nc1ccc(F)c(Cl)c1. The lowest BCUT2D eigenvalue weighted by atomic mass is 10.3. The Balaban J connectivity index is 1.34. The van der Waals surface area contributed by atoms with E-state index in [4.69, 9.17) is 11.6 Å². The predicted octanol–water partition coefficient (Wildman–Crippen LogP) is 3.51. The number of anilines is 2. The molecular weight excluding hydrogens is 381 g/mol. The Kier molecular flexibility index (Phi) is 5.45. The Hall–Kier alpha value is -2.64. The first kappa shape index (κ1) is 18.7. The maximum absolute atomic E-state index is 13.2. The zero-order valence-electron chi connectivity index (χ0n) is 15.3. The molecule has 0 bridgehead atoms. The van der Waals surface area contributed by atoms with Crippen LogP contribution in [0.4, 0.5) is 16.0 Å². The van der Waals surface area contributed by atoms with Crippen molar-refractivity contribution in [3.8, 4) is 0 Å². The quantitative estimate of drug-likeness (QED) is 0.702.